The number of rotatable bonds is 3. The maximum Gasteiger partial charge on any atom is 0.167 e. The SMILES string of the molecule is N#Cc1cccc(C(=O)Cc2ccc(Br)cc2)c1. The van der Waals surface area contributed by atoms with Gasteiger partial charge >= 0.3 is 0 Å². The third kappa shape index (κ3) is 3.06. The summed E-state index contributed by atoms with van der Waals surface area (Å²) in [6.07, 6.45) is 0.349. The molecule has 0 fully saturated rings. The van der Waals surface area contributed by atoms with Crippen molar-refractivity contribution in [3.8, 4) is 6.07 Å². The van der Waals surface area contributed by atoms with Crippen LogP contribution in [-0.2, 0) is 6.42 Å². The van der Waals surface area contributed by atoms with Crippen molar-refractivity contribution < 1.29 is 4.79 Å². The number of ketones is 1. The van der Waals surface area contributed by atoms with E-state index >= 15 is 0 Å². The Morgan fingerprint density at radius 3 is 2.56 bits per heavy atom. The minimum Gasteiger partial charge on any atom is -0.294 e. The van der Waals surface area contributed by atoms with Crippen LogP contribution >= 0.6 is 15.9 Å². The van der Waals surface area contributed by atoms with Crippen LogP contribution in [0.25, 0.3) is 0 Å². The van der Waals surface area contributed by atoms with Crippen LogP contribution in [0.5, 0.6) is 0 Å². The largest absolute Gasteiger partial charge is 0.294 e. The minimum absolute atomic E-state index is 0.0226. The molecule has 0 unspecified atom stereocenters. The smallest absolute Gasteiger partial charge is 0.167 e. The molecular weight excluding hydrogens is 290 g/mol. The maximum atomic E-state index is 12.0. The molecule has 0 saturated heterocycles. The molecule has 0 saturated carbocycles. The molecule has 0 aliphatic carbocycles. The Morgan fingerprint density at radius 2 is 1.89 bits per heavy atom. The fourth-order valence-electron chi connectivity index (χ4n) is 1.65. The van der Waals surface area contributed by atoms with E-state index in [2.05, 4.69) is 15.9 Å². The van der Waals surface area contributed by atoms with Crippen LogP contribution in [0.3, 0.4) is 0 Å². The number of nitriles is 1. The van der Waals surface area contributed by atoms with Crippen molar-refractivity contribution in [2.45, 2.75) is 6.42 Å². The molecule has 18 heavy (non-hydrogen) atoms. The Hall–Kier alpha value is -1.92. The van der Waals surface area contributed by atoms with Gasteiger partial charge in [-0.3, -0.25) is 4.79 Å². The summed E-state index contributed by atoms with van der Waals surface area (Å²) < 4.78 is 0.991. The number of halogens is 1. The Kier molecular flexibility index (Phi) is 3.91. The van der Waals surface area contributed by atoms with Gasteiger partial charge in [-0.15, -0.1) is 0 Å². The summed E-state index contributed by atoms with van der Waals surface area (Å²) in [4.78, 5) is 12.0. The van der Waals surface area contributed by atoms with Crippen molar-refractivity contribution in [3.05, 3.63) is 69.7 Å². The third-order valence-corrected chi connectivity index (χ3v) is 3.12. The first-order valence-corrected chi connectivity index (χ1v) is 6.26. The summed E-state index contributed by atoms with van der Waals surface area (Å²) in [6.45, 7) is 0. The van der Waals surface area contributed by atoms with E-state index in [4.69, 9.17) is 5.26 Å². The van der Waals surface area contributed by atoms with Gasteiger partial charge in [0.1, 0.15) is 0 Å². The van der Waals surface area contributed by atoms with Gasteiger partial charge in [-0.05, 0) is 29.8 Å². The molecular formula is C15H10BrNO. The van der Waals surface area contributed by atoms with E-state index in [9.17, 15) is 4.79 Å². The molecule has 2 nitrogen and oxygen atoms in total. The summed E-state index contributed by atoms with van der Waals surface area (Å²) in [7, 11) is 0. The van der Waals surface area contributed by atoms with Crippen LogP contribution in [0.4, 0.5) is 0 Å². The van der Waals surface area contributed by atoms with Gasteiger partial charge in [0.15, 0.2) is 5.78 Å². The fraction of sp³-hybridized carbons (Fsp3) is 0.0667. The highest BCUT2D eigenvalue weighted by molar-refractivity contribution is 9.10. The van der Waals surface area contributed by atoms with E-state index in [0.717, 1.165) is 10.0 Å². The summed E-state index contributed by atoms with van der Waals surface area (Å²) in [5.74, 6) is 0.0226. The van der Waals surface area contributed by atoms with Crippen LogP contribution < -0.4 is 0 Å². The lowest BCUT2D eigenvalue weighted by molar-refractivity contribution is 0.0993. The van der Waals surface area contributed by atoms with Gasteiger partial charge in [0, 0.05) is 16.5 Å². The predicted octanol–water partition coefficient (Wildman–Crippen LogP) is 3.75. The second-order valence-electron chi connectivity index (χ2n) is 3.92. The molecule has 0 bridgehead atoms. The van der Waals surface area contributed by atoms with E-state index in [1.807, 2.05) is 30.3 Å². The number of nitrogens with zero attached hydrogens (tertiary/aromatic N) is 1. The van der Waals surface area contributed by atoms with E-state index < -0.39 is 0 Å². The zero-order chi connectivity index (χ0) is 13.0. The molecule has 0 heterocycles. The van der Waals surface area contributed by atoms with E-state index in [0.29, 0.717) is 17.5 Å². The molecule has 2 aromatic carbocycles. The number of hydrogen-bond donors (Lipinski definition) is 0. The Balaban J connectivity index is 2.17. The van der Waals surface area contributed by atoms with Gasteiger partial charge in [-0.25, -0.2) is 0 Å². The molecule has 0 N–H and O–H groups in total. The lowest BCUT2D eigenvalue weighted by Crippen LogP contribution is -2.03. The summed E-state index contributed by atoms with van der Waals surface area (Å²) in [5, 5.41) is 8.80. The van der Waals surface area contributed by atoms with Crippen molar-refractivity contribution in [1.82, 2.24) is 0 Å². The fourth-order valence-corrected chi connectivity index (χ4v) is 1.92. The van der Waals surface area contributed by atoms with Crippen LogP contribution in [0.2, 0.25) is 0 Å². The molecule has 0 aliphatic rings. The van der Waals surface area contributed by atoms with Gasteiger partial charge < -0.3 is 0 Å². The van der Waals surface area contributed by atoms with Crippen LogP contribution in [0, 0.1) is 11.3 Å². The lowest BCUT2D eigenvalue weighted by atomic mass is 10.0. The van der Waals surface area contributed by atoms with Crippen LogP contribution in [0.1, 0.15) is 21.5 Å². The Bertz CT molecular complexity index is 611. The molecule has 0 radical (unpaired) electrons. The number of Topliss-reactive ketones (excluding diaryl/α,β-unsaturated/α-hetero) is 1. The molecule has 0 amide bonds. The van der Waals surface area contributed by atoms with Gasteiger partial charge in [0.25, 0.3) is 0 Å². The van der Waals surface area contributed by atoms with Crippen molar-refractivity contribution in [1.29, 1.82) is 5.26 Å². The van der Waals surface area contributed by atoms with Crippen LogP contribution in [0.15, 0.2) is 53.0 Å². The third-order valence-electron chi connectivity index (χ3n) is 2.59. The van der Waals surface area contributed by atoms with Crippen molar-refractivity contribution in [2.75, 3.05) is 0 Å². The number of benzene rings is 2. The minimum atomic E-state index is 0.0226. The predicted molar refractivity (Wildman–Crippen MR) is 73.3 cm³/mol. The molecule has 2 rings (SSSR count). The van der Waals surface area contributed by atoms with E-state index in [-0.39, 0.29) is 5.78 Å². The Morgan fingerprint density at radius 1 is 1.17 bits per heavy atom. The van der Waals surface area contributed by atoms with E-state index in [1.165, 1.54) is 0 Å². The molecule has 0 aromatic heterocycles. The first-order chi connectivity index (χ1) is 8.69. The van der Waals surface area contributed by atoms with Crippen LogP contribution in [-0.4, -0.2) is 5.78 Å². The second kappa shape index (κ2) is 5.61. The Labute approximate surface area is 114 Å². The average Bonchev–Trinajstić information content (AvgIpc) is 2.41. The van der Waals surface area contributed by atoms with Gasteiger partial charge in [0.2, 0.25) is 0 Å². The first-order valence-electron chi connectivity index (χ1n) is 5.47. The summed E-state index contributed by atoms with van der Waals surface area (Å²) in [6, 6.07) is 16.5. The lowest BCUT2D eigenvalue weighted by Gasteiger charge is -2.02. The zero-order valence-electron chi connectivity index (χ0n) is 9.56. The van der Waals surface area contributed by atoms with E-state index in [1.54, 1.807) is 24.3 Å². The average molecular weight is 300 g/mol. The molecule has 0 atom stereocenters. The van der Waals surface area contributed by atoms with Crippen molar-refractivity contribution in [3.63, 3.8) is 0 Å². The van der Waals surface area contributed by atoms with Crippen molar-refractivity contribution >= 4 is 21.7 Å². The molecule has 2 aromatic rings. The number of hydrogen-bond acceptors (Lipinski definition) is 2. The highest BCUT2D eigenvalue weighted by atomic mass is 79.9. The number of carbonyl (C=O) groups is 1. The zero-order valence-corrected chi connectivity index (χ0v) is 11.1. The highest BCUT2D eigenvalue weighted by Gasteiger charge is 2.07. The summed E-state index contributed by atoms with van der Waals surface area (Å²) in [5.41, 5.74) is 2.05. The van der Waals surface area contributed by atoms with Gasteiger partial charge in [-0.2, -0.15) is 5.26 Å². The molecule has 3 heteroatoms. The molecule has 88 valence electrons. The van der Waals surface area contributed by atoms with Gasteiger partial charge in [-0.1, -0.05) is 40.2 Å². The topological polar surface area (TPSA) is 40.9 Å². The summed E-state index contributed by atoms with van der Waals surface area (Å²) >= 11 is 3.35. The molecule has 0 aliphatic heterocycles. The highest BCUT2D eigenvalue weighted by Crippen LogP contribution is 2.13. The second-order valence-corrected chi connectivity index (χ2v) is 4.83. The first kappa shape index (κ1) is 12.5. The normalized spacial score (nSPS) is 9.78. The number of carbonyl (C=O) groups excluding carboxylic acids is 1. The van der Waals surface area contributed by atoms with Gasteiger partial charge in [0.05, 0.1) is 11.6 Å². The quantitative estimate of drug-likeness (QED) is 0.810. The van der Waals surface area contributed by atoms with Crippen molar-refractivity contribution in [2.24, 2.45) is 0 Å². The standard InChI is InChI=1S/C15H10BrNO/c16-14-6-4-11(5-7-14)9-15(18)13-3-1-2-12(8-13)10-17/h1-8H,9H2. The maximum absolute atomic E-state index is 12.0. The monoisotopic (exact) mass is 299 g/mol. The molecule has 0 spiro atoms.